The lowest BCUT2D eigenvalue weighted by atomic mass is 10.0. The average Bonchev–Trinajstić information content (AvgIpc) is 2.68. The van der Waals surface area contributed by atoms with Crippen LogP contribution in [0.4, 0.5) is 0 Å². The van der Waals surface area contributed by atoms with Gasteiger partial charge in [-0.15, -0.1) is 0 Å². The van der Waals surface area contributed by atoms with Crippen molar-refractivity contribution in [1.82, 2.24) is 4.90 Å². The van der Waals surface area contributed by atoms with Gasteiger partial charge in [-0.1, -0.05) is 42.5 Å². The monoisotopic (exact) mass is 357 g/mol. The number of rotatable bonds is 13. The molecule has 0 unspecified atom stereocenters. The Hall–Kier alpha value is -1.88. The van der Waals surface area contributed by atoms with Crippen LogP contribution in [0.15, 0.2) is 54.6 Å². The van der Waals surface area contributed by atoms with Crippen LogP contribution in [-0.2, 0) is 12.8 Å². The van der Waals surface area contributed by atoms with Crippen molar-refractivity contribution in [2.45, 2.75) is 25.7 Å². The first-order valence-corrected chi connectivity index (χ1v) is 9.51. The van der Waals surface area contributed by atoms with Crippen LogP contribution in [0.1, 0.15) is 24.0 Å². The number of ether oxygens (including phenoxy) is 1. The molecule has 0 saturated carbocycles. The molecule has 0 aliphatic carbocycles. The van der Waals surface area contributed by atoms with Gasteiger partial charge in [-0.2, -0.15) is 0 Å². The molecule has 2 aromatic carbocycles. The fraction of sp³-hybridized carbons (Fsp3) is 0.455. The van der Waals surface area contributed by atoms with Crippen LogP contribution in [0, 0.1) is 0 Å². The van der Waals surface area contributed by atoms with Gasteiger partial charge < -0.3 is 14.9 Å². The van der Waals surface area contributed by atoms with Crippen LogP contribution in [0.25, 0.3) is 0 Å². The van der Waals surface area contributed by atoms with Crippen LogP contribution in [0.3, 0.4) is 0 Å². The summed E-state index contributed by atoms with van der Waals surface area (Å²) in [5.74, 6) is 0.913. The summed E-state index contributed by atoms with van der Waals surface area (Å²) in [6.07, 6.45) is 4.05. The van der Waals surface area contributed by atoms with Gasteiger partial charge in [0.25, 0.3) is 0 Å². The van der Waals surface area contributed by atoms with Crippen molar-refractivity contribution in [1.29, 1.82) is 0 Å². The van der Waals surface area contributed by atoms with E-state index in [2.05, 4.69) is 41.3 Å². The van der Waals surface area contributed by atoms with Crippen LogP contribution in [0.2, 0.25) is 0 Å². The molecule has 0 heterocycles. The highest BCUT2D eigenvalue weighted by Gasteiger charge is 2.03. The Kier molecular flexibility index (Phi) is 9.80. The van der Waals surface area contributed by atoms with Crippen molar-refractivity contribution in [3.8, 4) is 5.75 Å². The van der Waals surface area contributed by atoms with Crippen LogP contribution < -0.4 is 4.74 Å². The summed E-state index contributed by atoms with van der Waals surface area (Å²) in [4.78, 5) is 2.07. The van der Waals surface area contributed by atoms with Gasteiger partial charge in [-0.05, 0) is 55.5 Å². The van der Waals surface area contributed by atoms with Gasteiger partial charge in [0.1, 0.15) is 5.75 Å². The normalized spacial score (nSPS) is 11.0. The molecule has 2 N–H and O–H groups in total. The maximum Gasteiger partial charge on any atom is 0.119 e. The summed E-state index contributed by atoms with van der Waals surface area (Å²) in [5, 5.41) is 18.0. The Morgan fingerprint density at radius 1 is 0.692 bits per heavy atom. The minimum atomic E-state index is 0.132. The van der Waals surface area contributed by atoms with Crippen molar-refractivity contribution >= 4 is 0 Å². The van der Waals surface area contributed by atoms with Gasteiger partial charge in [0, 0.05) is 13.1 Å². The molecular weight excluding hydrogens is 326 g/mol. The Morgan fingerprint density at radius 3 is 1.92 bits per heavy atom. The maximum absolute atomic E-state index is 8.99. The molecule has 0 aliphatic heterocycles. The maximum atomic E-state index is 8.99. The summed E-state index contributed by atoms with van der Waals surface area (Å²) in [6.45, 7) is 3.07. The molecule has 2 aromatic rings. The molecule has 2 rings (SSSR count). The molecule has 0 fully saturated rings. The van der Waals surface area contributed by atoms with Crippen LogP contribution in [-0.4, -0.2) is 54.6 Å². The minimum Gasteiger partial charge on any atom is -0.494 e. The molecular formula is C22H31NO3. The van der Waals surface area contributed by atoms with Gasteiger partial charge in [-0.3, -0.25) is 4.90 Å². The zero-order chi connectivity index (χ0) is 18.5. The number of nitrogens with zero attached hydrogens (tertiary/aromatic N) is 1. The number of aliphatic hydroxyl groups is 2. The first-order valence-electron chi connectivity index (χ1n) is 9.51. The van der Waals surface area contributed by atoms with Crippen molar-refractivity contribution in [3.63, 3.8) is 0 Å². The third-order valence-electron chi connectivity index (χ3n) is 4.44. The van der Waals surface area contributed by atoms with E-state index in [0.717, 1.165) is 38.0 Å². The highest BCUT2D eigenvalue weighted by Crippen LogP contribution is 2.14. The summed E-state index contributed by atoms with van der Waals surface area (Å²) in [5.41, 5.74) is 2.69. The molecule has 0 bridgehead atoms. The third kappa shape index (κ3) is 8.00. The number of aliphatic hydroxyl groups excluding tert-OH is 2. The molecule has 0 aliphatic rings. The summed E-state index contributed by atoms with van der Waals surface area (Å²) >= 11 is 0. The Balaban J connectivity index is 1.62. The van der Waals surface area contributed by atoms with Crippen molar-refractivity contribution in [2.75, 3.05) is 39.5 Å². The number of benzene rings is 2. The van der Waals surface area contributed by atoms with Crippen molar-refractivity contribution in [3.05, 3.63) is 65.7 Å². The number of hydrogen-bond donors (Lipinski definition) is 2. The molecule has 0 radical (unpaired) electrons. The van der Waals surface area contributed by atoms with Crippen LogP contribution >= 0.6 is 0 Å². The molecule has 142 valence electrons. The van der Waals surface area contributed by atoms with Gasteiger partial charge in [0.05, 0.1) is 19.8 Å². The molecule has 4 heteroatoms. The first-order chi connectivity index (χ1) is 12.8. The number of aryl methyl sites for hydroxylation is 2. The fourth-order valence-electron chi connectivity index (χ4n) is 2.93. The molecule has 26 heavy (non-hydrogen) atoms. The predicted molar refractivity (Wildman–Crippen MR) is 106 cm³/mol. The van der Waals surface area contributed by atoms with E-state index in [0.29, 0.717) is 19.7 Å². The minimum absolute atomic E-state index is 0.132. The lowest BCUT2D eigenvalue weighted by Crippen LogP contribution is -2.31. The third-order valence-corrected chi connectivity index (χ3v) is 4.44. The molecule has 0 saturated heterocycles. The van der Waals surface area contributed by atoms with Crippen molar-refractivity contribution < 1.29 is 14.9 Å². The highest BCUT2D eigenvalue weighted by molar-refractivity contribution is 5.28. The topological polar surface area (TPSA) is 52.9 Å². The zero-order valence-corrected chi connectivity index (χ0v) is 15.5. The molecule has 0 spiro atoms. The number of unbranched alkanes of at least 4 members (excludes halogenated alkanes) is 1. The Labute approximate surface area is 157 Å². The van der Waals surface area contributed by atoms with Crippen LogP contribution in [0.5, 0.6) is 5.75 Å². The van der Waals surface area contributed by atoms with E-state index < -0.39 is 0 Å². The Bertz CT molecular complexity index is 580. The average molecular weight is 357 g/mol. The lowest BCUT2D eigenvalue weighted by Gasteiger charge is -2.19. The van der Waals surface area contributed by atoms with Gasteiger partial charge >= 0.3 is 0 Å². The van der Waals surface area contributed by atoms with E-state index in [4.69, 9.17) is 14.9 Å². The second-order valence-corrected chi connectivity index (χ2v) is 6.47. The molecule has 0 amide bonds. The summed E-state index contributed by atoms with van der Waals surface area (Å²) in [6, 6.07) is 18.9. The quantitative estimate of drug-likeness (QED) is 0.541. The van der Waals surface area contributed by atoms with Crippen molar-refractivity contribution in [2.24, 2.45) is 0 Å². The fourth-order valence-corrected chi connectivity index (χ4v) is 2.93. The SMILES string of the molecule is OCCN(CCO)CCCCOc1ccc(CCc2ccccc2)cc1. The summed E-state index contributed by atoms with van der Waals surface area (Å²) < 4.78 is 5.81. The van der Waals surface area contributed by atoms with E-state index in [1.165, 1.54) is 11.1 Å². The van der Waals surface area contributed by atoms with Gasteiger partial charge in [-0.25, -0.2) is 0 Å². The summed E-state index contributed by atoms with van der Waals surface area (Å²) in [7, 11) is 0. The first kappa shape index (κ1) is 20.4. The number of hydrogen-bond acceptors (Lipinski definition) is 4. The van der Waals surface area contributed by atoms with E-state index in [-0.39, 0.29) is 13.2 Å². The van der Waals surface area contributed by atoms with E-state index in [1.54, 1.807) is 0 Å². The molecule has 4 nitrogen and oxygen atoms in total. The predicted octanol–water partition coefficient (Wildman–Crippen LogP) is 2.92. The van der Waals surface area contributed by atoms with E-state index in [9.17, 15) is 0 Å². The van der Waals surface area contributed by atoms with Gasteiger partial charge in [0.15, 0.2) is 0 Å². The smallest absolute Gasteiger partial charge is 0.119 e. The second-order valence-electron chi connectivity index (χ2n) is 6.47. The van der Waals surface area contributed by atoms with E-state index in [1.807, 2.05) is 18.2 Å². The zero-order valence-electron chi connectivity index (χ0n) is 15.5. The van der Waals surface area contributed by atoms with E-state index >= 15 is 0 Å². The lowest BCUT2D eigenvalue weighted by molar-refractivity contribution is 0.157. The highest BCUT2D eigenvalue weighted by atomic mass is 16.5. The largest absolute Gasteiger partial charge is 0.494 e. The Morgan fingerprint density at radius 2 is 1.31 bits per heavy atom. The second kappa shape index (κ2) is 12.5. The molecule has 0 aromatic heterocycles. The molecule has 0 atom stereocenters. The standard InChI is InChI=1S/C22H31NO3/c24-17-15-23(16-18-25)14-4-5-19-26-22-12-10-21(11-13-22)9-8-20-6-2-1-3-7-20/h1-3,6-7,10-13,24-25H,4-5,8-9,14-19H2. The van der Waals surface area contributed by atoms with Gasteiger partial charge in [0.2, 0.25) is 0 Å².